The van der Waals surface area contributed by atoms with E-state index in [1.807, 2.05) is 6.07 Å². The summed E-state index contributed by atoms with van der Waals surface area (Å²) in [5.74, 6) is -1.57. The highest BCUT2D eigenvalue weighted by Crippen LogP contribution is 2.28. The van der Waals surface area contributed by atoms with E-state index in [2.05, 4.69) is 10.3 Å². The zero-order valence-corrected chi connectivity index (χ0v) is 15.3. The maximum absolute atomic E-state index is 12.8. The number of aliphatic imine (C=N–C) groups is 1. The number of hydrogen-bond donors (Lipinski definition) is 1. The summed E-state index contributed by atoms with van der Waals surface area (Å²) in [7, 11) is 1.51. The molecule has 0 bridgehead atoms. The number of nitrogens with one attached hydrogen (secondary N) is 1. The van der Waals surface area contributed by atoms with Gasteiger partial charge < -0.3 is 10.1 Å². The molecule has 0 aromatic heterocycles. The molecule has 6 nitrogen and oxygen atoms in total. The van der Waals surface area contributed by atoms with E-state index in [9.17, 15) is 9.59 Å². The number of amides is 2. The van der Waals surface area contributed by atoms with E-state index >= 15 is 0 Å². The molecule has 1 aliphatic heterocycles. The van der Waals surface area contributed by atoms with E-state index in [-0.39, 0.29) is 5.11 Å². The van der Waals surface area contributed by atoms with Gasteiger partial charge in [0, 0.05) is 6.21 Å². The van der Waals surface area contributed by atoms with E-state index in [0.717, 1.165) is 0 Å². The van der Waals surface area contributed by atoms with Gasteiger partial charge in [-0.1, -0.05) is 29.8 Å². The lowest BCUT2D eigenvalue weighted by Gasteiger charge is -2.30. The van der Waals surface area contributed by atoms with Crippen molar-refractivity contribution in [3.8, 4) is 5.75 Å². The highest BCUT2D eigenvalue weighted by Gasteiger charge is 2.38. The second-order valence-corrected chi connectivity index (χ2v) is 6.17. The smallest absolute Gasteiger partial charge is 0.251 e. The number of para-hydroxylation sites is 1. The summed E-state index contributed by atoms with van der Waals surface area (Å²) in [6.45, 7) is 0. The number of anilines is 1. The molecule has 1 heterocycles. The van der Waals surface area contributed by atoms with Gasteiger partial charge in [0.2, 0.25) is 5.91 Å². The van der Waals surface area contributed by atoms with Crippen LogP contribution in [0, 0.1) is 5.92 Å². The number of nitrogens with zero attached hydrogens (tertiary/aromatic N) is 2. The molecule has 1 fully saturated rings. The van der Waals surface area contributed by atoms with Crippen molar-refractivity contribution in [1.29, 1.82) is 0 Å². The van der Waals surface area contributed by atoms with Gasteiger partial charge in [0.05, 0.1) is 23.5 Å². The van der Waals surface area contributed by atoms with Crippen LogP contribution >= 0.6 is 23.8 Å². The summed E-state index contributed by atoms with van der Waals surface area (Å²) >= 11 is 11.2. The fraction of sp³-hybridized carbons (Fsp3) is 0.111. The SMILES string of the molecule is COc1ccc(N=C[C@H]2C(=O)NC(=S)N(c3ccccc3)C2=O)cc1Cl. The zero-order valence-electron chi connectivity index (χ0n) is 13.7. The molecule has 2 amide bonds. The van der Waals surface area contributed by atoms with Gasteiger partial charge in [0.25, 0.3) is 5.91 Å². The fourth-order valence-electron chi connectivity index (χ4n) is 2.44. The van der Waals surface area contributed by atoms with Crippen LogP contribution in [0.25, 0.3) is 0 Å². The molecule has 8 heteroatoms. The minimum atomic E-state index is -1.09. The Bertz CT molecular complexity index is 902. The predicted molar refractivity (Wildman–Crippen MR) is 104 cm³/mol. The van der Waals surface area contributed by atoms with Gasteiger partial charge in [-0.05, 0) is 42.5 Å². The van der Waals surface area contributed by atoms with Crippen molar-refractivity contribution < 1.29 is 14.3 Å². The van der Waals surface area contributed by atoms with Crippen molar-refractivity contribution in [2.24, 2.45) is 10.9 Å². The van der Waals surface area contributed by atoms with Crippen LogP contribution in [0.2, 0.25) is 5.02 Å². The molecule has 0 saturated carbocycles. The first-order valence-corrected chi connectivity index (χ1v) is 8.41. The first kappa shape index (κ1) is 18.0. The maximum atomic E-state index is 12.8. The van der Waals surface area contributed by atoms with Crippen LogP contribution in [-0.4, -0.2) is 30.3 Å². The molecule has 0 unspecified atom stereocenters. The molecule has 1 N–H and O–H groups in total. The monoisotopic (exact) mass is 387 g/mol. The molecule has 26 heavy (non-hydrogen) atoms. The zero-order chi connectivity index (χ0) is 18.7. The Morgan fingerprint density at radius 1 is 1.23 bits per heavy atom. The lowest BCUT2D eigenvalue weighted by atomic mass is 10.1. The third-order valence-corrected chi connectivity index (χ3v) is 4.30. The molecule has 0 spiro atoms. The second kappa shape index (κ2) is 7.63. The molecular formula is C18H14ClN3O3S. The van der Waals surface area contributed by atoms with Crippen LogP contribution in [0.1, 0.15) is 0 Å². The minimum Gasteiger partial charge on any atom is -0.495 e. The molecule has 2 aromatic rings. The number of carbonyl (C=O) groups is 2. The Morgan fingerprint density at radius 2 is 1.96 bits per heavy atom. The number of methoxy groups -OCH3 is 1. The van der Waals surface area contributed by atoms with Gasteiger partial charge in [0.1, 0.15) is 5.75 Å². The lowest BCUT2D eigenvalue weighted by Crippen LogP contribution is -2.58. The number of carbonyl (C=O) groups excluding carboxylic acids is 2. The molecule has 0 radical (unpaired) electrons. The fourth-order valence-corrected chi connectivity index (χ4v) is 2.99. The molecule has 132 valence electrons. The van der Waals surface area contributed by atoms with Crippen molar-refractivity contribution in [3.63, 3.8) is 0 Å². The summed E-state index contributed by atoms with van der Waals surface area (Å²) in [6, 6.07) is 13.8. The van der Waals surface area contributed by atoms with Crippen molar-refractivity contribution in [3.05, 3.63) is 53.6 Å². The first-order chi connectivity index (χ1) is 12.5. The Morgan fingerprint density at radius 3 is 2.62 bits per heavy atom. The van der Waals surface area contributed by atoms with Crippen LogP contribution in [0.4, 0.5) is 11.4 Å². The van der Waals surface area contributed by atoms with Crippen LogP contribution in [0.5, 0.6) is 5.75 Å². The van der Waals surface area contributed by atoms with Gasteiger partial charge in [-0.3, -0.25) is 19.5 Å². The predicted octanol–water partition coefficient (Wildman–Crippen LogP) is 3.12. The third-order valence-electron chi connectivity index (χ3n) is 3.72. The Kier molecular flexibility index (Phi) is 5.29. The summed E-state index contributed by atoms with van der Waals surface area (Å²) in [6.07, 6.45) is 1.29. The molecule has 1 aliphatic rings. The normalized spacial score (nSPS) is 17.5. The van der Waals surface area contributed by atoms with E-state index in [1.54, 1.807) is 42.5 Å². The lowest BCUT2D eigenvalue weighted by molar-refractivity contribution is -0.130. The molecular weight excluding hydrogens is 374 g/mol. The van der Waals surface area contributed by atoms with Gasteiger partial charge in [-0.15, -0.1) is 0 Å². The number of rotatable bonds is 4. The number of halogens is 1. The molecule has 3 rings (SSSR count). The van der Waals surface area contributed by atoms with E-state index in [4.69, 9.17) is 28.6 Å². The van der Waals surface area contributed by atoms with Gasteiger partial charge in [-0.2, -0.15) is 0 Å². The van der Waals surface area contributed by atoms with Crippen molar-refractivity contribution >= 4 is 58.3 Å². The largest absolute Gasteiger partial charge is 0.495 e. The quantitative estimate of drug-likeness (QED) is 0.497. The Hall–Kier alpha value is -2.77. The van der Waals surface area contributed by atoms with Crippen LogP contribution < -0.4 is 15.0 Å². The average molecular weight is 388 g/mol. The molecule has 2 aromatic carbocycles. The molecule has 1 saturated heterocycles. The highest BCUT2D eigenvalue weighted by molar-refractivity contribution is 7.80. The third kappa shape index (κ3) is 3.58. The van der Waals surface area contributed by atoms with Crippen LogP contribution in [-0.2, 0) is 9.59 Å². The van der Waals surface area contributed by atoms with E-state index in [0.29, 0.717) is 22.1 Å². The van der Waals surface area contributed by atoms with Crippen LogP contribution in [0.3, 0.4) is 0 Å². The molecule has 0 aliphatic carbocycles. The summed E-state index contributed by atoms with van der Waals surface area (Å²) < 4.78 is 5.08. The van der Waals surface area contributed by atoms with Crippen molar-refractivity contribution in [2.75, 3.05) is 12.0 Å². The maximum Gasteiger partial charge on any atom is 0.251 e. The second-order valence-electron chi connectivity index (χ2n) is 5.38. The van der Waals surface area contributed by atoms with Crippen molar-refractivity contribution in [2.45, 2.75) is 0 Å². The number of ether oxygens (including phenoxy) is 1. The summed E-state index contributed by atoms with van der Waals surface area (Å²) in [5, 5.41) is 2.96. The number of thiocarbonyl (C=S) groups is 1. The standard InChI is InChI=1S/C18H14ClN3O3S/c1-25-15-8-7-11(9-14(15)19)20-10-13-16(23)21-18(26)22(17(13)24)12-5-3-2-4-6-12/h2-10,13H,1H3,(H,21,23,26)/t13-/m0/s1. The van der Waals surface area contributed by atoms with E-state index < -0.39 is 17.7 Å². The topological polar surface area (TPSA) is 71.0 Å². The number of benzene rings is 2. The summed E-state index contributed by atoms with van der Waals surface area (Å²) in [4.78, 5) is 30.5. The van der Waals surface area contributed by atoms with Crippen LogP contribution in [0.15, 0.2) is 53.5 Å². The average Bonchev–Trinajstić information content (AvgIpc) is 2.62. The van der Waals surface area contributed by atoms with Gasteiger partial charge in [-0.25, -0.2) is 0 Å². The molecule has 1 atom stereocenters. The van der Waals surface area contributed by atoms with E-state index in [1.165, 1.54) is 18.2 Å². The first-order valence-electron chi connectivity index (χ1n) is 7.63. The van der Waals surface area contributed by atoms with Gasteiger partial charge in [0.15, 0.2) is 11.0 Å². The van der Waals surface area contributed by atoms with Crippen molar-refractivity contribution in [1.82, 2.24) is 5.32 Å². The highest BCUT2D eigenvalue weighted by atomic mass is 35.5. The Balaban J connectivity index is 1.86. The summed E-state index contributed by atoms with van der Waals surface area (Å²) in [5.41, 5.74) is 1.07. The van der Waals surface area contributed by atoms with Gasteiger partial charge >= 0.3 is 0 Å². The minimum absolute atomic E-state index is 0.0448. The Labute approximate surface area is 160 Å². The number of hydrogen-bond acceptors (Lipinski definition) is 5.